The van der Waals surface area contributed by atoms with Crippen LogP contribution in [0.4, 0.5) is 0 Å². The van der Waals surface area contributed by atoms with E-state index in [2.05, 4.69) is 112 Å². The van der Waals surface area contributed by atoms with E-state index >= 15 is 0 Å². The van der Waals surface area contributed by atoms with Gasteiger partial charge < -0.3 is 9.13 Å². The molecular formula is C32H23N3. The quantitative estimate of drug-likeness (QED) is 0.264. The second-order valence-electron chi connectivity index (χ2n) is 9.19. The molecule has 0 radical (unpaired) electrons. The van der Waals surface area contributed by atoms with E-state index in [1.54, 1.807) is 0 Å². The van der Waals surface area contributed by atoms with E-state index in [0.717, 1.165) is 30.6 Å². The van der Waals surface area contributed by atoms with Crippen molar-refractivity contribution in [2.75, 3.05) is 0 Å². The molecule has 0 saturated heterocycles. The largest absolute Gasteiger partial charge is 0.311 e. The Hall–Kier alpha value is -4.55. The predicted molar refractivity (Wildman–Crippen MR) is 144 cm³/mol. The van der Waals surface area contributed by atoms with Crippen LogP contribution in [-0.2, 0) is 6.42 Å². The van der Waals surface area contributed by atoms with Gasteiger partial charge in [0, 0.05) is 27.4 Å². The summed E-state index contributed by atoms with van der Waals surface area (Å²) in [6, 6.07) is 34.3. The maximum atomic E-state index is 9.84. The average molecular weight is 450 g/mol. The summed E-state index contributed by atoms with van der Waals surface area (Å²) in [6.45, 7) is 0. The van der Waals surface area contributed by atoms with Crippen molar-refractivity contribution < 1.29 is 0 Å². The lowest BCUT2D eigenvalue weighted by Crippen LogP contribution is -2.07. The highest BCUT2D eigenvalue weighted by Crippen LogP contribution is 2.38. The van der Waals surface area contributed by atoms with E-state index in [0.29, 0.717) is 5.56 Å². The van der Waals surface area contributed by atoms with Crippen molar-refractivity contribution >= 4 is 38.8 Å². The molecule has 2 heterocycles. The average Bonchev–Trinajstić information content (AvgIpc) is 3.29. The second kappa shape index (κ2) is 7.75. The standard InChI is InChI=1S/C32H23N3/c33-21-22-18-19-31(34-27-15-7-4-11-24(27)25-12-5-8-16-28(25)34)32(20-22)35-29-14-3-1-2-10-23(29)26-13-6-9-17-30(26)35/h2,4-13,15-20H,1,3,14H2. The van der Waals surface area contributed by atoms with Gasteiger partial charge in [-0.2, -0.15) is 5.26 Å². The van der Waals surface area contributed by atoms with E-state index in [1.807, 2.05) is 6.07 Å². The van der Waals surface area contributed by atoms with Gasteiger partial charge in [0.15, 0.2) is 0 Å². The van der Waals surface area contributed by atoms with Gasteiger partial charge in [0.1, 0.15) is 0 Å². The summed E-state index contributed by atoms with van der Waals surface area (Å²) in [6.07, 6.45) is 7.78. The van der Waals surface area contributed by atoms with Crippen LogP contribution in [0.5, 0.6) is 0 Å². The molecule has 0 aliphatic heterocycles. The Bertz CT molecular complexity index is 1790. The minimum atomic E-state index is 0.667. The highest BCUT2D eigenvalue weighted by Gasteiger charge is 2.22. The lowest BCUT2D eigenvalue weighted by molar-refractivity contribution is 0.806. The van der Waals surface area contributed by atoms with Crippen LogP contribution in [-0.4, -0.2) is 9.13 Å². The fourth-order valence-corrected chi connectivity index (χ4v) is 5.76. The first-order chi connectivity index (χ1) is 17.3. The number of nitrogens with zero attached hydrogens (tertiary/aromatic N) is 3. The van der Waals surface area contributed by atoms with Gasteiger partial charge in [-0.05, 0) is 55.7 Å². The molecule has 0 unspecified atom stereocenters. The molecule has 0 atom stereocenters. The molecule has 4 aromatic carbocycles. The Labute approximate surface area is 203 Å². The summed E-state index contributed by atoms with van der Waals surface area (Å²) in [5, 5.41) is 13.6. The zero-order valence-corrected chi connectivity index (χ0v) is 19.3. The molecule has 1 aliphatic rings. The summed E-state index contributed by atoms with van der Waals surface area (Å²) >= 11 is 0. The van der Waals surface area contributed by atoms with E-state index in [9.17, 15) is 5.26 Å². The number of fused-ring (bicyclic) bond motifs is 6. The maximum Gasteiger partial charge on any atom is 0.0992 e. The molecule has 0 saturated carbocycles. The smallest absolute Gasteiger partial charge is 0.0992 e. The summed E-state index contributed by atoms with van der Waals surface area (Å²) < 4.78 is 4.76. The van der Waals surface area contributed by atoms with Crippen LogP contribution < -0.4 is 0 Å². The summed E-state index contributed by atoms with van der Waals surface area (Å²) in [4.78, 5) is 0. The third kappa shape index (κ3) is 2.90. The van der Waals surface area contributed by atoms with Crippen molar-refractivity contribution in [2.45, 2.75) is 19.3 Å². The van der Waals surface area contributed by atoms with E-state index < -0.39 is 0 Å². The first-order valence-electron chi connectivity index (χ1n) is 12.2. The first kappa shape index (κ1) is 19.9. The second-order valence-corrected chi connectivity index (χ2v) is 9.19. The minimum Gasteiger partial charge on any atom is -0.311 e. The molecule has 1 aliphatic carbocycles. The Morgan fingerprint density at radius 2 is 1.29 bits per heavy atom. The van der Waals surface area contributed by atoms with Gasteiger partial charge in [-0.1, -0.05) is 66.7 Å². The summed E-state index contributed by atoms with van der Waals surface area (Å²) in [5.41, 5.74) is 8.93. The number of rotatable bonds is 2. The Kier molecular flexibility index (Phi) is 4.40. The van der Waals surface area contributed by atoms with Crippen LogP contribution in [0.3, 0.4) is 0 Å². The van der Waals surface area contributed by atoms with Gasteiger partial charge >= 0.3 is 0 Å². The molecule has 0 bridgehead atoms. The van der Waals surface area contributed by atoms with Crippen molar-refractivity contribution in [2.24, 2.45) is 0 Å². The third-order valence-corrected chi connectivity index (χ3v) is 7.25. The van der Waals surface area contributed by atoms with Crippen molar-refractivity contribution in [1.29, 1.82) is 5.26 Å². The van der Waals surface area contributed by atoms with Gasteiger partial charge in [0.2, 0.25) is 0 Å². The molecule has 166 valence electrons. The molecule has 3 heteroatoms. The highest BCUT2D eigenvalue weighted by atomic mass is 15.1. The Morgan fingerprint density at radius 3 is 1.97 bits per heavy atom. The van der Waals surface area contributed by atoms with Crippen LogP contribution in [0.2, 0.25) is 0 Å². The lowest BCUT2D eigenvalue weighted by Gasteiger charge is -2.18. The Balaban J connectivity index is 1.64. The molecule has 0 fully saturated rings. The topological polar surface area (TPSA) is 33.6 Å². The molecule has 2 aromatic heterocycles. The van der Waals surface area contributed by atoms with Crippen LogP contribution in [0, 0.1) is 11.3 Å². The normalized spacial score (nSPS) is 13.2. The third-order valence-electron chi connectivity index (χ3n) is 7.25. The molecule has 35 heavy (non-hydrogen) atoms. The molecule has 0 amide bonds. The van der Waals surface area contributed by atoms with Crippen LogP contribution in [0.15, 0.2) is 97.1 Å². The van der Waals surface area contributed by atoms with Crippen molar-refractivity contribution in [3.05, 3.63) is 114 Å². The molecule has 6 aromatic rings. The number of benzene rings is 4. The minimum absolute atomic E-state index is 0.667. The number of allylic oxidation sites excluding steroid dienone is 1. The lowest BCUT2D eigenvalue weighted by atomic mass is 10.1. The SMILES string of the molecule is N#Cc1ccc(-n2c3ccccc3c3ccccc32)c(-n2c3c(c4ccccc42)C=CCCC3)c1. The van der Waals surface area contributed by atoms with Crippen molar-refractivity contribution in [3.63, 3.8) is 0 Å². The number of hydrogen-bond acceptors (Lipinski definition) is 1. The van der Waals surface area contributed by atoms with Crippen LogP contribution >= 0.6 is 0 Å². The fraction of sp³-hybridized carbons (Fsp3) is 0.0938. The molecule has 0 spiro atoms. The van der Waals surface area contributed by atoms with Gasteiger partial charge in [-0.25, -0.2) is 0 Å². The van der Waals surface area contributed by atoms with Crippen molar-refractivity contribution in [1.82, 2.24) is 9.13 Å². The number of para-hydroxylation sites is 3. The molecule has 7 rings (SSSR count). The number of nitriles is 1. The zero-order chi connectivity index (χ0) is 23.4. The van der Waals surface area contributed by atoms with E-state index in [-0.39, 0.29) is 0 Å². The summed E-state index contributed by atoms with van der Waals surface area (Å²) in [5.74, 6) is 0. The fourth-order valence-electron chi connectivity index (χ4n) is 5.76. The monoisotopic (exact) mass is 449 g/mol. The van der Waals surface area contributed by atoms with Gasteiger partial charge in [0.25, 0.3) is 0 Å². The number of aromatic nitrogens is 2. The molecule has 3 nitrogen and oxygen atoms in total. The Morgan fingerprint density at radius 1 is 0.657 bits per heavy atom. The predicted octanol–water partition coefficient (Wildman–Crippen LogP) is 7.95. The molecule has 0 N–H and O–H groups in total. The molecular weight excluding hydrogens is 426 g/mol. The van der Waals surface area contributed by atoms with E-state index in [1.165, 1.54) is 44.0 Å². The summed E-state index contributed by atoms with van der Waals surface area (Å²) in [7, 11) is 0. The highest BCUT2D eigenvalue weighted by molar-refractivity contribution is 6.09. The maximum absolute atomic E-state index is 9.84. The van der Waals surface area contributed by atoms with Crippen LogP contribution in [0.25, 0.3) is 50.2 Å². The number of hydrogen-bond donors (Lipinski definition) is 0. The first-order valence-corrected chi connectivity index (χ1v) is 12.2. The van der Waals surface area contributed by atoms with Crippen LogP contribution in [0.1, 0.15) is 29.7 Å². The van der Waals surface area contributed by atoms with Crippen molar-refractivity contribution in [3.8, 4) is 17.4 Å². The van der Waals surface area contributed by atoms with Gasteiger partial charge in [0.05, 0.1) is 39.6 Å². The van der Waals surface area contributed by atoms with Gasteiger partial charge in [-0.15, -0.1) is 0 Å². The zero-order valence-electron chi connectivity index (χ0n) is 19.3. The van der Waals surface area contributed by atoms with Gasteiger partial charge in [-0.3, -0.25) is 0 Å². The van der Waals surface area contributed by atoms with E-state index in [4.69, 9.17) is 0 Å².